The van der Waals surface area contributed by atoms with Crippen LogP contribution in [0.3, 0.4) is 0 Å². The molecule has 0 radical (unpaired) electrons. The summed E-state index contributed by atoms with van der Waals surface area (Å²) in [6.07, 6.45) is 2.32. The highest BCUT2D eigenvalue weighted by Gasteiger charge is 2.12. The standard InChI is InChI=1S/C22H18N2O2S2/c1-27-16-9-6-14(7-10-16)12-21(26)23-15-8-11-19(25)17(13-15)22-24-18-4-2-3-5-20(18)28-22/h2-11,13,25H,12H2,1H3,(H,23,26). The van der Waals surface area contributed by atoms with Crippen LogP contribution in [0.5, 0.6) is 5.75 Å². The Morgan fingerprint density at radius 1 is 1.11 bits per heavy atom. The molecule has 0 aliphatic heterocycles. The number of fused-ring (bicyclic) bond motifs is 1. The Morgan fingerprint density at radius 2 is 1.89 bits per heavy atom. The lowest BCUT2D eigenvalue weighted by molar-refractivity contribution is -0.115. The molecule has 4 nitrogen and oxygen atoms in total. The minimum atomic E-state index is -0.0992. The average molecular weight is 407 g/mol. The number of rotatable bonds is 5. The van der Waals surface area contributed by atoms with Gasteiger partial charge in [-0.2, -0.15) is 0 Å². The first-order valence-corrected chi connectivity index (χ1v) is 10.8. The van der Waals surface area contributed by atoms with Crippen molar-refractivity contribution >= 4 is 44.9 Å². The molecule has 0 saturated heterocycles. The number of nitrogens with one attached hydrogen (secondary N) is 1. The zero-order chi connectivity index (χ0) is 19.5. The Morgan fingerprint density at radius 3 is 2.64 bits per heavy atom. The molecule has 0 saturated carbocycles. The quantitative estimate of drug-likeness (QED) is 0.336. The molecule has 0 spiro atoms. The molecule has 4 rings (SSSR count). The van der Waals surface area contributed by atoms with Gasteiger partial charge in [-0.3, -0.25) is 4.79 Å². The van der Waals surface area contributed by atoms with Crippen molar-refractivity contribution in [2.75, 3.05) is 11.6 Å². The Hall–Kier alpha value is -2.83. The number of nitrogens with zero attached hydrogens (tertiary/aromatic N) is 1. The number of amides is 1. The van der Waals surface area contributed by atoms with Gasteiger partial charge in [0.2, 0.25) is 5.91 Å². The van der Waals surface area contributed by atoms with Crippen LogP contribution < -0.4 is 5.32 Å². The number of anilines is 1. The predicted molar refractivity (Wildman–Crippen MR) is 117 cm³/mol. The topological polar surface area (TPSA) is 62.2 Å². The van der Waals surface area contributed by atoms with Crippen LogP contribution in [0.1, 0.15) is 5.56 Å². The van der Waals surface area contributed by atoms with Crippen molar-refractivity contribution in [1.29, 1.82) is 0 Å². The SMILES string of the molecule is CSc1ccc(CC(=O)Nc2ccc(O)c(-c3nc4ccccc4s3)c2)cc1. The van der Waals surface area contributed by atoms with Gasteiger partial charge in [0.15, 0.2) is 0 Å². The summed E-state index contributed by atoms with van der Waals surface area (Å²) in [6, 6.07) is 20.9. The van der Waals surface area contributed by atoms with Crippen molar-refractivity contribution in [3.05, 3.63) is 72.3 Å². The van der Waals surface area contributed by atoms with Gasteiger partial charge in [-0.05, 0) is 54.3 Å². The molecule has 6 heteroatoms. The third-order valence-corrected chi connectivity index (χ3v) is 6.14. The maximum Gasteiger partial charge on any atom is 0.228 e. The number of thiazole rings is 1. The molecule has 4 aromatic rings. The smallest absolute Gasteiger partial charge is 0.228 e. The number of phenols is 1. The molecule has 1 amide bonds. The van der Waals surface area contributed by atoms with Gasteiger partial charge in [-0.15, -0.1) is 23.1 Å². The van der Waals surface area contributed by atoms with Crippen LogP contribution in [0.25, 0.3) is 20.8 Å². The van der Waals surface area contributed by atoms with E-state index in [1.165, 1.54) is 16.2 Å². The number of benzene rings is 3. The molecule has 2 N–H and O–H groups in total. The van der Waals surface area contributed by atoms with Crippen LogP contribution in [-0.2, 0) is 11.2 Å². The largest absolute Gasteiger partial charge is 0.507 e. The third-order valence-electron chi connectivity index (χ3n) is 4.33. The molecule has 0 aliphatic carbocycles. The van der Waals surface area contributed by atoms with Crippen LogP contribution in [0.2, 0.25) is 0 Å². The number of thioether (sulfide) groups is 1. The number of carbonyl (C=O) groups excluding carboxylic acids is 1. The van der Waals surface area contributed by atoms with E-state index in [9.17, 15) is 9.90 Å². The first kappa shape index (κ1) is 18.5. The summed E-state index contributed by atoms with van der Waals surface area (Å²) in [5.74, 6) is 0.0440. The van der Waals surface area contributed by atoms with Crippen molar-refractivity contribution in [3.8, 4) is 16.3 Å². The minimum absolute atomic E-state index is 0.0992. The molecule has 1 heterocycles. The molecule has 0 aliphatic rings. The Bertz CT molecular complexity index is 1100. The van der Waals surface area contributed by atoms with Crippen LogP contribution in [0, 0.1) is 0 Å². The molecule has 0 fully saturated rings. The van der Waals surface area contributed by atoms with E-state index in [2.05, 4.69) is 10.3 Å². The molecule has 28 heavy (non-hydrogen) atoms. The molecule has 0 unspecified atom stereocenters. The van der Waals surface area contributed by atoms with Crippen LogP contribution in [0.15, 0.2) is 71.6 Å². The molecular weight excluding hydrogens is 388 g/mol. The van der Waals surface area contributed by atoms with Crippen molar-refractivity contribution < 1.29 is 9.90 Å². The summed E-state index contributed by atoms with van der Waals surface area (Å²) in [6.45, 7) is 0. The second-order valence-corrected chi connectivity index (χ2v) is 8.20. The number of hydrogen-bond donors (Lipinski definition) is 2. The lowest BCUT2D eigenvalue weighted by Crippen LogP contribution is -2.14. The van der Waals surface area contributed by atoms with Gasteiger partial charge >= 0.3 is 0 Å². The monoisotopic (exact) mass is 406 g/mol. The van der Waals surface area contributed by atoms with Gasteiger partial charge in [0.05, 0.1) is 22.2 Å². The van der Waals surface area contributed by atoms with Gasteiger partial charge < -0.3 is 10.4 Å². The van der Waals surface area contributed by atoms with Crippen molar-refractivity contribution in [3.63, 3.8) is 0 Å². The molecule has 1 aromatic heterocycles. The second kappa shape index (κ2) is 8.04. The summed E-state index contributed by atoms with van der Waals surface area (Å²) >= 11 is 3.18. The van der Waals surface area contributed by atoms with Crippen LogP contribution >= 0.6 is 23.1 Å². The van der Waals surface area contributed by atoms with E-state index >= 15 is 0 Å². The fourth-order valence-electron chi connectivity index (χ4n) is 2.91. The molecule has 3 aromatic carbocycles. The van der Waals surface area contributed by atoms with Crippen LogP contribution in [0.4, 0.5) is 5.69 Å². The fraction of sp³-hybridized carbons (Fsp3) is 0.0909. The zero-order valence-corrected chi connectivity index (χ0v) is 16.8. The third kappa shape index (κ3) is 4.03. The van der Waals surface area contributed by atoms with E-state index in [4.69, 9.17) is 0 Å². The van der Waals surface area contributed by atoms with E-state index < -0.39 is 0 Å². The maximum absolute atomic E-state index is 12.4. The maximum atomic E-state index is 12.4. The Labute approximate surface area is 171 Å². The Balaban J connectivity index is 1.53. The van der Waals surface area contributed by atoms with E-state index in [0.29, 0.717) is 17.7 Å². The van der Waals surface area contributed by atoms with E-state index in [1.807, 2.05) is 54.8 Å². The highest BCUT2D eigenvalue weighted by Crippen LogP contribution is 2.36. The van der Waals surface area contributed by atoms with Crippen molar-refractivity contribution in [1.82, 2.24) is 4.98 Å². The lowest BCUT2D eigenvalue weighted by atomic mass is 10.1. The van der Waals surface area contributed by atoms with Gasteiger partial charge in [0.1, 0.15) is 10.8 Å². The van der Waals surface area contributed by atoms with E-state index in [-0.39, 0.29) is 11.7 Å². The summed E-state index contributed by atoms with van der Waals surface area (Å²) < 4.78 is 1.06. The highest BCUT2D eigenvalue weighted by molar-refractivity contribution is 7.98. The lowest BCUT2D eigenvalue weighted by Gasteiger charge is -2.08. The van der Waals surface area contributed by atoms with E-state index in [0.717, 1.165) is 20.8 Å². The summed E-state index contributed by atoms with van der Waals surface area (Å²) in [5.41, 5.74) is 3.10. The van der Waals surface area contributed by atoms with Crippen LogP contribution in [-0.4, -0.2) is 22.3 Å². The normalized spacial score (nSPS) is 10.9. The van der Waals surface area contributed by atoms with E-state index in [1.54, 1.807) is 30.0 Å². The molecule has 0 bridgehead atoms. The molecule has 0 atom stereocenters. The first-order valence-electron chi connectivity index (χ1n) is 8.74. The number of phenolic OH excluding ortho intramolecular Hbond substituents is 1. The molecule has 140 valence electrons. The number of para-hydroxylation sites is 1. The van der Waals surface area contributed by atoms with Gasteiger partial charge in [-0.1, -0.05) is 24.3 Å². The number of aromatic nitrogens is 1. The summed E-state index contributed by atoms with van der Waals surface area (Å²) in [5, 5.41) is 13.9. The van der Waals surface area contributed by atoms with Gasteiger partial charge in [0.25, 0.3) is 0 Å². The highest BCUT2D eigenvalue weighted by atomic mass is 32.2. The van der Waals surface area contributed by atoms with Crippen molar-refractivity contribution in [2.24, 2.45) is 0 Å². The van der Waals surface area contributed by atoms with Crippen molar-refractivity contribution in [2.45, 2.75) is 11.3 Å². The first-order chi connectivity index (χ1) is 13.6. The minimum Gasteiger partial charge on any atom is -0.507 e. The number of carbonyl (C=O) groups is 1. The Kier molecular flexibility index (Phi) is 5.32. The summed E-state index contributed by atoms with van der Waals surface area (Å²) in [4.78, 5) is 18.2. The number of hydrogen-bond acceptors (Lipinski definition) is 5. The zero-order valence-electron chi connectivity index (χ0n) is 15.2. The predicted octanol–water partition coefficient (Wildman–Crippen LogP) is 5.57. The average Bonchev–Trinajstić information content (AvgIpc) is 3.14. The summed E-state index contributed by atoms with van der Waals surface area (Å²) in [7, 11) is 0. The van der Waals surface area contributed by atoms with Gasteiger partial charge in [0, 0.05) is 10.6 Å². The second-order valence-electron chi connectivity index (χ2n) is 6.29. The molecular formula is C22H18N2O2S2. The number of aromatic hydroxyl groups is 1. The van der Waals surface area contributed by atoms with Gasteiger partial charge in [-0.25, -0.2) is 4.98 Å². The fourth-order valence-corrected chi connectivity index (χ4v) is 4.31.